The van der Waals surface area contributed by atoms with Crippen LogP contribution in [0, 0.1) is 13.8 Å². The Hall–Kier alpha value is -1.24. The van der Waals surface area contributed by atoms with Crippen molar-refractivity contribution < 1.29 is 4.74 Å². The third-order valence-electron chi connectivity index (χ3n) is 3.37. The smallest absolute Gasteiger partial charge is 0.259 e. The number of nitrogens with zero attached hydrogens (tertiary/aromatic N) is 1. The molecule has 0 saturated carbocycles. The van der Waals surface area contributed by atoms with Gasteiger partial charge in [0.05, 0.1) is 11.9 Å². The van der Waals surface area contributed by atoms with E-state index < -0.39 is 0 Å². The molecule has 2 aromatic rings. The van der Waals surface area contributed by atoms with Gasteiger partial charge in [-0.25, -0.2) is 4.98 Å². The van der Waals surface area contributed by atoms with Crippen LogP contribution >= 0.6 is 11.3 Å². The number of rotatable bonds is 8. The number of ether oxygens (including phenoxy) is 1. The first kappa shape index (κ1) is 16.1. The molecule has 116 valence electrons. The Morgan fingerprint density at radius 1 is 1.33 bits per heavy atom. The lowest BCUT2D eigenvalue weighted by Crippen LogP contribution is -2.21. The van der Waals surface area contributed by atoms with Crippen LogP contribution in [0.3, 0.4) is 0 Å². The minimum absolute atomic E-state index is 0.0371. The summed E-state index contributed by atoms with van der Waals surface area (Å²) in [5.74, 6) is 0.697. The maximum Gasteiger partial charge on any atom is 0.259 e. The largest absolute Gasteiger partial charge is 0.381 e. The monoisotopic (exact) mass is 309 g/mol. The fraction of sp³-hybridized carbons (Fsp3) is 0.600. The van der Waals surface area contributed by atoms with Crippen molar-refractivity contribution in [2.24, 2.45) is 0 Å². The van der Waals surface area contributed by atoms with E-state index in [4.69, 9.17) is 4.74 Å². The van der Waals surface area contributed by atoms with Crippen molar-refractivity contribution in [2.45, 2.75) is 40.2 Å². The van der Waals surface area contributed by atoms with Gasteiger partial charge >= 0.3 is 0 Å². The number of aromatic amines is 1. The molecule has 2 heterocycles. The second-order valence-corrected chi connectivity index (χ2v) is 6.32. The summed E-state index contributed by atoms with van der Waals surface area (Å²) in [5.41, 5.74) is 1.00. The van der Waals surface area contributed by atoms with Crippen LogP contribution in [0.25, 0.3) is 10.2 Å². The third-order valence-corrected chi connectivity index (χ3v) is 4.47. The third kappa shape index (κ3) is 4.12. The number of H-pyrrole nitrogens is 1. The van der Waals surface area contributed by atoms with Gasteiger partial charge in [0.1, 0.15) is 10.7 Å². The van der Waals surface area contributed by atoms with Crippen molar-refractivity contribution in [1.29, 1.82) is 0 Å². The summed E-state index contributed by atoms with van der Waals surface area (Å²) in [6.45, 7) is 9.12. The van der Waals surface area contributed by atoms with Crippen LogP contribution in [-0.2, 0) is 11.3 Å². The van der Waals surface area contributed by atoms with Crippen molar-refractivity contribution in [3.8, 4) is 0 Å². The molecule has 0 fully saturated rings. The zero-order valence-electron chi connectivity index (χ0n) is 12.9. The zero-order chi connectivity index (χ0) is 15.2. The predicted octanol–water partition coefficient (Wildman–Crippen LogP) is 2.51. The minimum atomic E-state index is -0.0371. The fourth-order valence-corrected chi connectivity index (χ4v) is 3.18. The van der Waals surface area contributed by atoms with E-state index in [2.05, 4.69) is 22.2 Å². The van der Waals surface area contributed by atoms with Crippen molar-refractivity contribution in [1.82, 2.24) is 15.3 Å². The minimum Gasteiger partial charge on any atom is -0.381 e. The van der Waals surface area contributed by atoms with Crippen LogP contribution in [0.4, 0.5) is 0 Å². The number of hydrogen-bond donors (Lipinski definition) is 2. The average Bonchev–Trinajstić information content (AvgIpc) is 2.73. The molecule has 5 nitrogen and oxygen atoms in total. The molecule has 0 spiro atoms. The Morgan fingerprint density at radius 2 is 2.14 bits per heavy atom. The number of thiophene rings is 1. The molecule has 2 N–H and O–H groups in total. The predicted molar refractivity (Wildman–Crippen MR) is 87.1 cm³/mol. The highest BCUT2D eigenvalue weighted by molar-refractivity contribution is 7.18. The van der Waals surface area contributed by atoms with Gasteiger partial charge in [-0.05, 0) is 38.8 Å². The van der Waals surface area contributed by atoms with Gasteiger partial charge < -0.3 is 15.0 Å². The maximum absolute atomic E-state index is 12.1. The molecule has 0 atom stereocenters. The van der Waals surface area contributed by atoms with E-state index in [-0.39, 0.29) is 5.56 Å². The van der Waals surface area contributed by atoms with Crippen LogP contribution in [0.2, 0.25) is 0 Å². The second-order valence-electron chi connectivity index (χ2n) is 5.12. The highest BCUT2D eigenvalue weighted by Gasteiger charge is 2.11. The van der Waals surface area contributed by atoms with Gasteiger partial charge in [0.2, 0.25) is 0 Å². The van der Waals surface area contributed by atoms with E-state index in [0.29, 0.717) is 12.4 Å². The lowest BCUT2D eigenvalue weighted by molar-refractivity contribution is 0.132. The van der Waals surface area contributed by atoms with Gasteiger partial charge in [-0.3, -0.25) is 4.79 Å². The molecule has 0 aliphatic rings. The van der Waals surface area contributed by atoms with Crippen LogP contribution in [0.5, 0.6) is 0 Å². The van der Waals surface area contributed by atoms with E-state index in [1.807, 2.05) is 13.8 Å². The van der Waals surface area contributed by atoms with Crippen molar-refractivity contribution in [3.63, 3.8) is 0 Å². The van der Waals surface area contributed by atoms with Gasteiger partial charge in [-0.15, -0.1) is 11.3 Å². The summed E-state index contributed by atoms with van der Waals surface area (Å²) >= 11 is 1.58. The number of hydrogen-bond acceptors (Lipinski definition) is 5. The first-order valence-electron chi connectivity index (χ1n) is 7.40. The average molecular weight is 309 g/mol. The lowest BCUT2D eigenvalue weighted by Gasteiger charge is -2.05. The Balaban J connectivity index is 1.90. The van der Waals surface area contributed by atoms with Crippen LogP contribution < -0.4 is 10.9 Å². The van der Waals surface area contributed by atoms with Crippen molar-refractivity contribution in [2.75, 3.05) is 19.8 Å². The van der Waals surface area contributed by atoms with E-state index >= 15 is 0 Å². The topological polar surface area (TPSA) is 67.0 Å². The van der Waals surface area contributed by atoms with E-state index in [0.717, 1.165) is 53.3 Å². The van der Waals surface area contributed by atoms with E-state index in [9.17, 15) is 4.79 Å². The van der Waals surface area contributed by atoms with Gasteiger partial charge in [0.15, 0.2) is 0 Å². The SMILES string of the molecule is CCCOCCCNCc1nc2sc(C)c(C)c2c(=O)[nH]1. The number of aryl methyl sites for hydroxylation is 2. The highest BCUT2D eigenvalue weighted by atomic mass is 32.1. The Kier molecular flexibility index (Phi) is 5.90. The Labute approximate surface area is 128 Å². The fourth-order valence-electron chi connectivity index (χ4n) is 2.14. The quantitative estimate of drug-likeness (QED) is 0.735. The summed E-state index contributed by atoms with van der Waals surface area (Å²) in [5, 5.41) is 4.01. The van der Waals surface area contributed by atoms with Crippen LogP contribution in [-0.4, -0.2) is 29.7 Å². The summed E-state index contributed by atoms with van der Waals surface area (Å²) in [6.07, 6.45) is 2.02. The molecule has 6 heteroatoms. The number of fused-ring (bicyclic) bond motifs is 1. The molecule has 0 amide bonds. The molecule has 0 aromatic carbocycles. The van der Waals surface area contributed by atoms with Crippen LogP contribution in [0.1, 0.15) is 36.0 Å². The highest BCUT2D eigenvalue weighted by Crippen LogP contribution is 2.25. The molecule has 0 unspecified atom stereocenters. The van der Waals surface area contributed by atoms with Gasteiger partial charge in [-0.2, -0.15) is 0 Å². The first-order valence-corrected chi connectivity index (χ1v) is 8.22. The van der Waals surface area contributed by atoms with Crippen molar-refractivity contribution in [3.05, 3.63) is 26.6 Å². The Morgan fingerprint density at radius 3 is 2.90 bits per heavy atom. The molecule has 2 rings (SSSR count). The molecule has 0 aliphatic heterocycles. The lowest BCUT2D eigenvalue weighted by atomic mass is 10.2. The van der Waals surface area contributed by atoms with Crippen LogP contribution in [0.15, 0.2) is 4.79 Å². The van der Waals surface area contributed by atoms with E-state index in [1.54, 1.807) is 11.3 Å². The molecule has 0 aliphatic carbocycles. The molecule has 0 bridgehead atoms. The Bertz CT molecular complexity index is 648. The molecule has 21 heavy (non-hydrogen) atoms. The standard InChI is InChI=1S/C15H23N3O2S/c1-4-7-20-8-5-6-16-9-12-17-14(19)13-10(2)11(3)21-15(13)18-12/h16H,4-9H2,1-3H3,(H,17,18,19). The zero-order valence-corrected chi connectivity index (χ0v) is 13.7. The number of aromatic nitrogens is 2. The molecule has 0 radical (unpaired) electrons. The summed E-state index contributed by atoms with van der Waals surface area (Å²) in [6, 6.07) is 0. The molecular weight excluding hydrogens is 286 g/mol. The molecule has 0 saturated heterocycles. The maximum atomic E-state index is 12.1. The van der Waals surface area contributed by atoms with Gasteiger partial charge in [0.25, 0.3) is 5.56 Å². The van der Waals surface area contributed by atoms with Crippen molar-refractivity contribution >= 4 is 21.6 Å². The summed E-state index contributed by atoms with van der Waals surface area (Å²) in [4.78, 5) is 21.5. The normalized spacial score (nSPS) is 11.4. The second kappa shape index (κ2) is 7.68. The molecule has 2 aromatic heterocycles. The first-order chi connectivity index (χ1) is 10.1. The van der Waals surface area contributed by atoms with E-state index in [1.165, 1.54) is 0 Å². The number of nitrogens with one attached hydrogen (secondary N) is 2. The van der Waals surface area contributed by atoms with Gasteiger partial charge in [0, 0.05) is 18.1 Å². The summed E-state index contributed by atoms with van der Waals surface area (Å²) in [7, 11) is 0. The van der Waals surface area contributed by atoms with Gasteiger partial charge in [-0.1, -0.05) is 6.92 Å². The summed E-state index contributed by atoms with van der Waals surface area (Å²) < 4.78 is 5.42. The molecular formula is C15H23N3O2S.